The van der Waals surface area contributed by atoms with Gasteiger partial charge < -0.3 is 10.3 Å². The van der Waals surface area contributed by atoms with Crippen molar-refractivity contribution in [1.29, 1.82) is 0 Å². The minimum atomic E-state index is -0.0122. The van der Waals surface area contributed by atoms with Crippen LogP contribution < -0.4 is 5.32 Å². The van der Waals surface area contributed by atoms with Gasteiger partial charge in [-0.3, -0.25) is 4.79 Å². The number of carbonyl (C=O) groups excluding carboxylic acids is 1. The molecule has 0 saturated heterocycles. The van der Waals surface area contributed by atoms with Crippen molar-refractivity contribution in [3.8, 4) is 0 Å². The molecule has 2 aromatic rings. The normalized spacial score (nSPS) is 12.6. The van der Waals surface area contributed by atoms with Crippen LogP contribution in [0.2, 0.25) is 0 Å². The van der Waals surface area contributed by atoms with E-state index in [9.17, 15) is 4.79 Å². The molecule has 0 aliphatic carbocycles. The van der Waals surface area contributed by atoms with E-state index in [0.717, 1.165) is 30.2 Å². The van der Waals surface area contributed by atoms with Gasteiger partial charge in [0.05, 0.1) is 0 Å². The molecule has 20 heavy (non-hydrogen) atoms. The second-order valence-electron chi connectivity index (χ2n) is 5.74. The van der Waals surface area contributed by atoms with Crippen LogP contribution in [0.1, 0.15) is 54.7 Å². The van der Waals surface area contributed by atoms with E-state index in [-0.39, 0.29) is 11.9 Å². The lowest BCUT2D eigenvalue weighted by Gasteiger charge is -2.12. The van der Waals surface area contributed by atoms with E-state index < -0.39 is 0 Å². The fourth-order valence-electron chi connectivity index (χ4n) is 2.61. The van der Waals surface area contributed by atoms with Crippen LogP contribution in [-0.4, -0.2) is 16.9 Å². The van der Waals surface area contributed by atoms with Crippen LogP contribution in [-0.2, 0) is 0 Å². The average Bonchev–Trinajstić information content (AvgIpc) is 2.80. The van der Waals surface area contributed by atoms with Crippen LogP contribution in [0.3, 0.4) is 0 Å². The Kier molecular flexibility index (Phi) is 4.48. The largest absolute Gasteiger partial charge is 0.351 e. The molecule has 2 N–H and O–H groups in total. The molecule has 0 bridgehead atoms. The summed E-state index contributed by atoms with van der Waals surface area (Å²) in [5, 5.41) is 4.18. The first kappa shape index (κ1) is 14.6. The van der Waals surface area contributed by atoms with Gasteiger partial charge in [-0.1, -0.05) is 25.8 Å². The summed E-state index contributed by atoms with van der Waals surface area (Å²) in [5.41, 5.74) is 4.10. The first-order chi connectivity index (χ1) is 9.51. The second kappa shape index (κ2) is 6.12. The zero-order chi connectivity index (χ0) is 14.7. The summed E-state index contributed by atoms with van der Waals surface area (Å²) < 4.78 is 0. The Labute approximate surface area is 120 Å². The average molecular weight is 272 g/mol. The summed E-state index contributed by atoms with van der Waals surface area (Å²) in [7, 11) is 0. The Morgan fingerprint density at radius 2 is 2.05 bits per heavy atom. The van der Waals surface area contributed by atoms with Crippen LogP contribution in [0.5, 0.6) is 0 Å². The Bertz CT molecular complexity index is 613. The van der Waals surface area contributed by atoms with Crippen molar-refractivity contribution in [2.24, 2.45) is 0 Å². The highest BCUT2D eigenvalue weighted by atomic mass is 16.1. The van der Waals surface area contributed by atoms with E-state index >= 15 is 0 Å². The van der Waals surface area contributed by atoms with Gasteiger partial charge in [0.1, 0.15) is 5.69 Å². The maximum Gasteiger partial charge on any atom is 0.267 e. The molecule has 2 rings (SSSR count). The highest BCUT2D eigenvalue weighted by Gasteiger charge is 2.13. The molecule has 3 nitrogen and oxygen atoms in total. The van der Waals surface area contributed by atoms with Crippen LogP contribution in [0.4, 0.5) is 0 Å². The first-order valence-corrected chi connectivity index (χ1v) is 7.42. The highest BCUT2D eigenvalue weighted by molar-refractivity contribution is 5.99. The minimum Gasteiger partial charge on any atom is -0.351 e. The quantitative estimate of drug-likeness (QED) is 0.846. The van der Waals surface area contributed by atoms with E-state index in [0.29, 0.717) is 5.69 Å². The standard InChI is InChI=1S/C17H24N2O/c1-5-6-7-13(4)18-17(20)16-10-14-12(3)8-11(2)9-15(14)19-16/h8-10,13,19H,5-7H2,1-4H3,(H,18,20). The van der Waals surface area contributed by atoms with Crippen molar-refractivity contribution in [3.05, 3.63) is 35.0 Å². The summed E-state index contributed by atoms with van der Waals surface area (Å²) in [6.45, 7) is 8.37. The van der Waals surface area contributed by atoms with Crippen molar-refractivity contribution in [3.63, 3.8) is 0 Å². The number of benzene rings is 1. The zero-order valence-electron chi connectivity index (χ0n) is 12.8. The van der Waals surface area contributed by atoms with E-state index in [4.69, 9.17) is 0 Å². The fourth-order valence-corrected chi connectivity index (χ4v) is 2.61. The van der Waals surface area contributed by atoms with Crippen molar-refractivity contribution >= 4 is 16.8 Å². The van der Waals surface area contributed by atoms with E-state index in [2.05, 4.69) is 50.1 Å². The molecule has 0 fully saturated rings. The molecular formula is C17H24N2O. The third kappa shape index (κ3) is 3.21. The minimum absolute atomic E-state index is 0.0122. The van der Waals surface area contributed by atoms with Crippen LogP contribution in [0, 0.1) is 13.8 Å². The molecule has 1 heterocycles. The van der Waals surface area contributed by atoms with Crippen molar-refractivity contribution in [2.45, 2.75) is 53.0 Å². The predicted molar refractivity (Wildman–Crippen MR) is 84.2 cm³/mol. The van der Waals surface area contributed by atoms with Crippen molar-refractivity contribution < 1.29 is 4.79 Å². The molecule has 1 aromatic heterocycles. The Hall–Kier alpha value is -1.77. The third-order valence-corrected chi connectivity index (χ3v) is 3.70. The van der Waals surface area contributed by atoms with Crippen LogP contribution >= 0.6 is 0 Å². The monoisotopic (exact) mass is 272 g/mol. The molecule has 0 spiro atoms. The molecule has 0 radical (unpaired) electrons. The Morgan fingerprint density at radius 3 is 2.75 bits per heavy atom. The number of rotatable bonds is 5. The lowest BCUT2D eigenvalue weighted by Crippen LogP contribution is -2.32. The number of aromatic amines is 1. The lowest BCUT2D eigenvalue weighted by molar-refractivity contribution is 0.0934. The maximum absolute atomic E-state index is 12.2. The number of amides is 1. The van der Waals surface area contributed by atoms with Crippen LogP contribution in [0.25, 0.3) is 10.9 Å². The zero-order valence-corrected chi connectivity index (χ0v) is 12.8. The SMILES string of the molecule is CCCCC(C)NC(=O)c1cc2c(C)cc(C)cc2[nH]1. The van der Waals surface area contributed by atoms with Crippen molar-refractivity contribution in [1.82, 2.24) is 10.3 Å². The number of aryl methyl sites for hydroxylation is 2. The number of nitrogens with one attached hydrogen (secondary N) is 2. The van der Waals surface area contributed by atoms with Gasteiger partial charge in [-0.25, -0.2) is 0 Å². The van der Waals surface area contributed by atoms with Gasteiger partial charge in [0.2, 0.25) is 0 Å². The summed E-state index contributed by atoms with van der Waals surface area (Å²) in [4.78, 5) is 15.5. The molecule has 1 unspecified atom stereocenters. The van der Waals surface area contributed by atoms with Crippen molar-refractivity contribution in [2.75, 3.05) is 0 Å². The van der Waals surface area contributed by atoms with E-state index in [1.54, 1.807) is 0 Å². The molecule has 1 aromatic carbocycles. The van der Waals surface area contributed by atoms with E-state index in [1.165, 1.54) is 11.1 Å². The molecule has 0 saturated carbocycles. The Morgan fingerprint density at radius 1 is 1.30 bits per heavy atom. The van der Waals surface area contributed by atoms with Gasteiger partial charge in [-0.05, 0) is 50.5 Å². The van der Waals surface area contributed by atoms with Crippen LogP contribution in [0.15, 0.2) is 18.2 Å². The number of carbonyl (C=O) groups is 1. The first-order valence-electron chi connectivity index (χ1n) is 7.42. The number of unbranched alkanes of at least 4 members (excludes halogenated alkanes) is 1. The third-order valence-electron chi connectivity index (χ3n) is 3.70. The number of aromatic nitrogens is 1. The molecule has 1 atom stereocenters. The molecule has 0 aliphatic rings. The lowest BCUT2D eigenvalue weighted by atomic mass is 10.1. The van der Waals surface area contributed by atoms with Gasteiger partial charge in [-0.15, -0.1) is 0 Å². The maximum atomic E-state index is 12.2. The van der Waals surface area contributed by atoms with Gasteiger partial charge in [0, 0.05) is 16.9 Å². The van der Waals surface area contributed by atoms with Gasteiger partial charge >= 0.3 is 0 Å². The second-order valence-corrected chi connectivity index (χ2v) is 5.74. The number of hydrogen-bond donors (Lipinski definition) is 2. The molecule has 1 amide bonds. The number of hydrogen-bond acceptors (Lipinski definition) is 1. The molecular weight excluding hydrogens is 248 g/mol. The van der Waals surface area contributed by atoms with E-state index in [1.807, 2.05) is 6.07 Å². The smallest absolute Gasteiger partial charge is 0.267 e. The van der Waals surface area contributed by atoms with Gasteiger partial charge in [0.15, 0.2) is 0 Å². The number of H-pyrrole nitrogens is 1. The summed E-state index contributed by atoms with van der Waals surface area (Å²) in [6, 6.07) is 6.39. The summed E-state index contributed by atoms with van der Waals surface area (Å²) in [5.74, 6) is -0.0122. The summed E-state index contributed by atoms with van der Waals surface area (Å²) >= 11 is 0. The van der Waals surface area contributed by atoms with Gasteiger partial charge in [-0.2, -0.15) is 0 Å². The summed E-state index contributed by atoms with van der Waals surface area (Å²) in [6.07, 6.45) is 3.33. The molecule has 3 heteroatoms. The Balaban J connectivity index is 2.16. The topological polar surface area (TPSA) is 44.9 Å². The highest BCUT2D eigenvalue weighted by Crippen LogP contribution is 2.21. The fraction of sp³-hybridized carbons (Fsp3) is 0.471. The van der Waals surface area contributed by atoms with Gasteiger partial charge in [0.25, 0.3) is 5.91 Å². The molecule has 0 aliphatic heterocycles. The molecule has 108 valence electrons. The number of fused-ring (bicyclic) bond motifs is 1. The predicted octanol–water partition coefficient (Wildman–Crippen LogP) is 4.09.